The average molecular weight is 281 g/mol. The zero-order valence-corrected chi connectivity index (χ0v) is 12.3. The van der Waals surface area contributed by atoms with E-state index in [1.807, 2.05) is 36.9 Å². The lowest BCUT2D eigenvalue weighted by Crippen LogP contribution is -2.43. The predicted octanol–water partition coefficient (Wildman–Crippen LogP) is 3.46. The van der Waals surface area contributed by atoms with Crippen molar-refractivity contribution in [3.63, 3.8) is 0 Å². The second-order valence-corrected chi connectivity index (χ2v) is 5.57. The van der Waals surface area contributed by atoms with Gasteiger partial charge in [-0.1, -0.05) is 17.7 Å². The summed E-state index contributed by atoms with van der Waals surface area (Å²) in [5.41, 5.74) is 1.92. The van der Waals surface area contributed by atoms with Crippen LogP contribution >= 0.6 is 11.6 Å². The summed E-state index contributed by atoms with van der Waals surface area (Å²) in [7, 11) is 0. The van der Waals surface area contributed by atoms with Crippen molar-refractivity contribution in [1.29, 1.82) is 0 Å². The zero-order chi connectivity index (χ0) is 13.8. The largest absolute Gasteiger partial charge is 0.374 e. The van der Waals surface area contributed by atoms with E-state index in [0.29, 0.717) is 0 Å². The molecule has 0 spiro atoms. The normalized spacial score (nSPS) is 17.1. The van der Waals surface area contributed by atoms with Gasteiger partial charge in [-0.15, -0.1) is 0 Å². The van der Waals surface area contributed by atoms with Crippen LogP contribution in [0.25, 0.3) is 0 Å². The molecule has 0 aliphatic carbocycles. The van der Waals surface area contributed by atoms with Gasteiger partial charge in [-0.05, 0) is 50.8 Å². The summed E-state index contributed by atoms with van der Waals surface area (Å²) >= 11 is 6.09. The fraction of sp³-hybridized carbons (Fsp3) is 0.533. The number of likely N-dealkylation sites (tertiary alicyclic amines) is 1. The summed E-state index contributed by atoms with van der Waals surface area (Å²) in [5, 5.41) is 4.00. The molecule has 1 atom stereocenters. The van der Waals surface area contributed by atoms with Gasteiger partial charge in [0.2, 0.25) is 5.91 Å². The Morgan fingerprint density at radius 1 is 1.32 bits per heavy atom. The Bertz CT molecular complexity index is 455. The van der Waals surface area contributed by atoms with Crippen molar-refractivity contribution in [3.8, 4) is 0 Å². The van der Waals surface area contributed by atoms with E-state index in [9.17, 15) is 4.79 Å². The van der Waals surface area contributed by atoms with Crippen LogP contribution in [0.2, 0.25) is 5.02 Å². The Morgan fingerprint density at radius 3 is 2.68 bits per heavy atom. The summed E-state index contributed by atoms with van der Waals surface area (Å²) < 4.78 is 0. The van der Waals surface area contributed by atoms with Crippen molar-refractivity contribution in [2.24, 2.45) is 0 Å². The van der Waals surface area contributed by atoms with Crippen LogP contribution in [-0.2, 0) is 4.79 Å². The third kappa shape index (κ3) is 3.41. The number of anilines is 1. The van der Waals surface area contributed by atoms with Gasteiger partial charge < -0.3 is 10.2 Å². The third-order valence-corrected chi connectivity index (χ3v) is 4.09. The number of benzene rings is 1. The molecule has 19 heavy (non-hydrogen) atoms. The van der Waals surface area contributed by atoms with Crippen LogP contribution in [0, 0.1) is 6.92 Å². The molecule has 1 heterocycles. The number of amides is 1. The van der Waals surface area contributed by atoms with Crippen molar-refractivity contribution in [3.05, 3.63) is 28.8 Å². The number of piperidine rings is 1. The first kappa shape index (κ1) is 14.2. The SMILES string of the molecule is Cc1c(Cl)cccc1NC(C)C(=O)N1CCCCC1. The Kier molecular flexibility index (Phi) is 4.70. The summed E-state index contributed by atoms with van der Waals surface area (Å²) in [6.45, 7) is 5.65. The van der Waals surface area contributed by atoms with Crippen LogP contribution < -0.4 is 5.32 Å². The third-order valence-electron chi connectivity index (χ3n) is 3.68. The van der Waals surface area contributed by atoms with E-state index >= 15 is 0 Å². The fourth-order valence-corrected chi connectivity index (χ4v) is 2.62. The van der Waals surface area contributed by atoms with Gasteiger partial charge in [0.15, 0.2) is 0 Å². The minimum Gasteiger partial charge on any atom is -0.374 e. The maximum atomic E-state index is 12.3. The maximum Gasteiger partial charge on any atom is 0.244 e. The number of nitrogens with one attached hydrogen (secondary N) is 1. The van der Waals surface area contributed by atoms with E-state index in [4.69, 9.17) is 11.6 Å². The highest BCUT2D eigenvalue weighted by molar-refractivity contribution is 6.31. The van der Waals surface area contributed by atoms with Crippen LogP contribution in [0.1, 0.15) is 31.7 Å². The quantitative estimate of drug-likeness (QED) is 0.920. The second kappa shape index (κ2) is 6.29. The van der Waals surface area contributed by atoms with Gasteiger partial charge in [-0.25, -0.2) is 0 Å². The van der Waals surface area contributed by atoms with Gasteiger partial charge in [0.05, 0.1) is 0 Å². The first-order valence-corrected chi connectivity index (χ1v) is 7.28. The maximum absolute atomic E-state index is 12.3. The number of hydrogen-bond acceptors (Lipinski definition) is 2. The summed E-state index contributed by atoms with van der Waals surface area (Å²) in [6.07, 6.45) is 3.47. The Morgan fingerprint density at radius 2 is 2.00 bits per heavy atom. The van der Waals surface area contributed by atoms with Gasteiger partial charge in [-0.2, -0.15) is 0 Å². The molecule has 1 aromatic rings. The first-order valence-electron chi connectivity index (χ1n) is 6.90. The van der Waals surface area contributed by atoms with E-state index in [1.165, 1.54) is 6.42 Å². The molecule has 1 amide bonds. The molecule has 104 valence electrons. The number of hydrogen-bond donors (Lipinski definition) is 1. The van der Waals surface area contributed by atoms with E-state index in [-0.39, 0.29) is 11.9 Å². The van der Waals surface area contributed by atoms with E-state index in [1.54, 1.807) is 0 Å². The fourth-order valence-electron chi connectivity index (χ4n) is 2.45. The first-order chi connectivity index (χ1) is 9.09. The second-order valence-electron chi connectivity index (χ2n) is 5.16. The molecule has 1 aliphatic heterocycles. The van der Waals surface area contributed by atoms with E-state index in [2.05, 4.69) is 5.32 Å². The molecule has 2 rings (SSSR count). The lowest BCUT2D eigenvalue weighted by molar-refractivity contribution is -0.132. The van der Waals surface area contributed by atoms with Crippen LogP contribution in [-0.4, -0.2) is 29.9 Å². The van der Waals surface area contributed by atoms with Crippen LogP contribution in [0.15, 0.2) is 18.2 Å². The van der Waals surface area contributed by atoms with E-state index < -0.39 is 0 Å². The highest BCUT2D eigenvalue weighted by Gasteiger charge is 2.22. The molecule has 1 aromatic carbocycles. The van der Waals surface area contributed by atoms with Crippen molar-refractivity contribution in [1.82, 2.24) is 4.90 Å². The highest BCUT2D eigenvalue weighted by Crippen LogP contribution is 2.24. The Labute approximate surface area is 119 Å². The van der Waals surface area contributed by atoms with Crippen molar-refractivity contribution in [2.75, 3.05) is 18.4 Å². The van der Waals surface area contributed by atoms with Crippen molar-refractivity contribution >= 4 is 23.2 Å². The van der Waals surface area contributed by atoms with Crippen LogP contribution in [0.5, 0.6) is 0 Å². The molecule has 1 aliphatic rings. The molecule has 0 bridgehead atoms. The molecule has 3 nitrogen and oxygen atoms in total. The molecule has 1 N–H and O–H groups in total. The Balaban J connectivity index is 2.01. The number of halogens is 1. The van der Waals surface area contributed by atoms with Crippen molar-refractivity contribution < 1.29 is 4.79 Å². The number of rotatable bonds is 3. The average Bonchev–Trinajstić information content (AvgIpc) is 2.44. The van der Waals surface area contributed by atoms with E-state index in [0.717, 1.165) is 42.2 Å². The van der Waals surface area contributed by atoms with Gasteiger partial charge in [-0.3, -0.25) is 4.79 Å². The van der Waals surface area contributed by atoms with Gasteiger partial charge >= 0.3 is 0 Å². The molecule has 0 aromatic heterocycles. The number of nitrogens with zero attached hydrogens (tertiary/aromatic N) is 1. The van der Waals surface area contributed by atoms with Gasteiger partial charge in [0, 0.05) is 23.8 Å². The Hall–Kier alpha value is -1.22. The molecule has 1 fully saturated rings. The zero-order valence-electron chi connectivity index (χ0n) is 11.6. The molecule has 4 heteroatoms. The highest BCUT2D eigenvalue weighted by atomic mass is 35.5. The molecule has 1 saturated heterocycles. The molecular formula is C15H21ClN2O. The summed E-state index contributed by atoms with van der Waals surface area (Å²) in [4.78, 5) is 14.3. The van der Waals surface area contributed by atoms with Gasteiger partial charge in [0.1, 0.15) is 6.04 Å². The molecule has 1 unspecified atom stereocenters. The smallest absolute Gasteiger partial charge is 0.244 e. The number of carbonyl (C=O) groups excluding carboxylic acids is 1. The molecular weight excluding hydrogens is 260 g/mol. The standard InChI is InChI=1S/C15H21ClN2O/c1-11-13(16)7-6-8-14(11)17-12(2)15(19)18-9-4-3-5-10-18/h6-8,12,17H,3-5,9-10H2,1-2H3. The number of carbonyl (C=O) groups is 1. The minimum atomic E-state index is -0.213. The lowest BCUT2D eigenvalue weighted by atomic mass is 10.1. The monoisotopic (exact) mass is 280 g/mol. The molecule has 0 saturated carbocycles. The van der Waals surface area contributed by atoms with Crippen LogP contribution in [0.3, 0.4) is 0 Å². The summed E-state index contributed by atoms with van der Waals surface area (Å²) in [6, 6.07) is 5.51. The minimum absolute atomic E-state index is 0.180. The topological polar surface area (TPSA) is 32.3 Å². The molecule has 0 radical (unpaired) electrons. The van der Waals surface area contributed by atoms with Crippen molar-refractivity contribution in [2.45, 2.75) is 39.2 Å². The van der Waals surface area contributed by atoms with Crippen LogP contribution in [0.4, 0.5) is 5.69 Å². The van der Waals surface area contributed by atoms with Gasteiger partial charge in [0.25, 0.3) is 0 Å². The lowest BCUT2D eigenvalue weighted by Gasteiger charge is -2.30. The summed E-state index contributed by atoms with van der Waals surface area (Å²) in [5.74, 6) is 0.180. The predicted molar refractivity (Wildman–Crippen MR) is 79.7 cm³/mol.